The summed E-state index contributed by atoms with van der Waals surface area (Å²) in [6.07, 6.45) is 0.331. The van der Waals surface area contributed by atoms with Crippen molar-refractivity contribution < 1.29 is 27.1 Å². The molecule has 1 aromatic heterocycles. The maximum atomic E-state index is 13.5. The van der Waals surface area contributed by atoms with E-state index in [0.717, 1.165) is 23.1 Å². The van der Waals surface area contributed by atoms with Crippen LogP contribution in [0.5, 0.6) is 0 Å². The van der Waals surface area contributed by atoms with E-state index in [0.29, 0.717) is 23.3 Å². The summed E-state index contributed by atoms with van der Waals surface area (Å²) >= 11 is 0. The van der Waals surface area contributed by atoms with Crippen LogP contribution in [0.4, 0.5) is 4.39 Å². The molecule has 8 heteroatoms. The fourth-order valence-corrected chi connectivity index (χ4v) is 5.00. The van der Waals surface area contributed by atoms with Gasteiger partial charge in [-0.15, -0.1) is 0 Å². The Morgan fingerprint density at radius 3 is 2.36 bits per heavy atom. The van der Waals surface area contributed by atoms with Crippen LogP contribution < -0.4 is 0 Å². The van der Waals surface area contributed by atoms with Gasteiger partial charge in [0.2, 0.25) is 10.0 Å². The van der Waals surface area contributed by atoms with E-state index >= 15 is 0 Å². The normalized spacial score (nSPS) is 11.8. The Balaban J connectivity index is 1.67. The monoisotopic (exact) mass is 467 g/mol. The van der Waals surface area contributed by atoms with E-state index in [1.54, 1.807) is 24.3 Å². The average molecular weight is 468 g/mol. The maximum Gasteiger partial charge on any atom is 0.303 e. The van der Waals surface area contributed by atoms with Crippen LogP contribution in [0.2, 0.25) is 0 Å². The van der Waals surface area contributed by atoms with Gasteiger partial charge in [0.1, 0.15) is 17.2 Å². The molecule has 0 saturated heterocycles. The van der Waals surface area contributed by atoms with E-state index in [1.165, 1.54) is 16.4 Å². The van der Waals surface area contributed by atoms with Crippen LogP contribution in [-0.2, 0) is 34.3 Å². The van der Waals surface area contributed by atoms with Crippen molar-refractivity contribution >= 4 is 27.0 Å². The molecular weight excluding hydrogens is 445 g/mol. The molecule has 6 nitrogen and oxygen atoms in total. The molecule has 4 rings (SSSR count). The smallest absolute Gasteiger partial charge is 0.303 e. The first-order valence-electron chi connectivity index (χ1n) is 10.3. The van der Waals surface area contributed by atoms with Gasteiger partial charge in [-0.1, -0.05) is 42.5 Å². The fourth-order valence-electron chi connectivity index (χ4n) is 3.61. The van der Waals surface area contributed by atoms with Gasteiger partial charge >= 0.3 is 5.97 Å². The Bertz CT molecular complexity index is 1350. The Kier molecular flexibility index (Phi) is 6.57. The third-order valence-corrected chi connectivity index (χ3v) is 7.04. The number of para-hydroxylation sites is 1. The van der Waals surface area contributed by atoms with E-state index < -0.39 is 21.8 Å². The standard InChI is InChI=1S/C25H22FNO5S/c26-21-9-11-23(12-10-21)33(30,31)27(17-22-15-20-6-1-2-7-24(20)32-22)16-19-5-3-4-18(14-19)8-13-25(28)29/h1-7,9-12,14-15H,8,13,16-17H2,(H,28,29). The number of nitrogens with zero attached hydrogens (tertiary/aromatic N) is 1. The van der Waals surface area contributed by atoms with Crippen LogP contribution >= 0.6 is 0 Å². The lowest BCUT2D eigenvalue weighted by molar-refractivity contribution is -0.136. The highest BCUT2D eigenvalue weighted by molar-refractivity contribution is 7.89. The zero-order chi connectivity index (χ0) is 23.4. The lowest BCUT2D eigenvalue weighted by Gasteiger charge is -2.22. The number of aliphatic carboxylic acids is 1. The minimum atomic E-state index is -3.98. The molecule has 0 bridgehead atoms. The van der Waals surface area contributed by atoms with Gasteiger partial charge in [0.15, 0.2) is 0 Å². The Morgan fingerprint density at radius 2 is 1.64 bits per heavy atom. The van der Waals surface area contributed by atoms with Crippen LogP contribution in [-0.4, -0.2) is 23.8 Å². The van der Waals surface area contributed by atoms with Crippen molar-refractivity contribution in [2.75, 3.05) is 0 Å². The van der Waals surface area contributed by atoms with Gasteiger partial charge in [0, 0.05) is 18.4 Å². The molecule has 33 heavy (non-hydrogen) atoms. The predicted octanol–water partition coefficient (Wildman–Crippen LogP) is 4.98. The van der Waals surface area contributed by atoms with Gasteiger partial charge in [0.05, 0.1) is 11.4 Å². The van der Waals surface area contributed by atoms with Gasteiger partial charge < -0.3 is 9.52 Å². The van der Waals surface area contributed by atoms with Gasteiger partial charge in [-0.2, -0.15) is 4.31 Å². The summed E-state index contributed by atoms with van der Waals surface area (Å²) in [4.78, 5) is 10.9. The molecule has 3 aromatic carbocycles. The molecule has 0 aliphatic carbocycles. The van der Waals surface area contributed by atoms with Crippen molar-refractivity contribution in [3.05, 3.63) is 102 Å². The zero-order valence-electron chi connectivity index (χ0n) is 17.6. The Labute approximate surface area is 190 Å². The van der Waals surface area contributed by atoms with E-state index in [4.69, 9.17) is 9.52 Å². The van der Waals surface area contributed by atoms with Crippen LogP contribution in [0.25, 0.3) is 11.0 Å². The number of halogens is 1. The van der Waals surface area contributed by atoms with Gasteiger partial charge in [-0.05, 0) is 53.9 Å². The molecule has 0 radical (unpaired) electrons. The summed E-state index contributed by atoms with van der Waals surface area (Å²) in [5.41, 5.74) is 2.17. The van der Waals surface area contributed by atoms with Crippen LogP contribution in [0.1, 0.15) is 23.3 Å². The number of carboxylic acids is 1. The summed E-state index contributed by atoms with van der Waals surface area (Å²) in [6.45, 7) is 0.0193. The third kappa shape index (κ3) is 5.47. The number of sulfonamides is 1. The second kappa shape index (κ2) is 9.56. The van der Waals surface area contributed by atoms with Crippen molar-refractivity contribution in [2.24, 2.45) is 0 Å². The number of benzene rings is 3. The number of fused-ring (bicyclic) bond motifs is 1. The molecule has 0 spiro atoms. The van der Waals surface area contributed by atoms with E-state index in [1.807, 2.05) is 30.3 Å². The molecule has 170 valence electrons. The molecule has 0 unspecified atom stereocenters. The minimum absolute atomic E-state index is 0.0139. The van der Waals surface area contributed by atoms with Crippen LogP contribution in [0.15, 0.2) is 88.2 Å². The number of hydrogen-bond donors (Lipinski definition) is 1. The minimum Gasteiger partial charge on any atom is -0.481 e. The zero-order valence-corrected chi connectivity index (χ0v) is 18.5. The molecule has 0 fully saturated rings. The van der Waals surface area contributed by atoms with Crippen molar-refractivity contribution in [1.82, 2.24) is 4.31 Å². The summed E-state index contributed by atoms with van der Waals surface area (Å²) in [7, 11) is -3.98. The number of carbonyl (C=O) groups is 1. The highest BCUT2D eigenvalue weighted by Gasteiger charge is 2.26. The number of hydrogen-bond acceptors (Lipinski definition) is 4. The predicted molar refractivity (Wildman–Crippen MR) is 121 cm³/mol. The summed E-state index contributed by atoms with van der Waals surface area (Å²) in [5.74, 6) is -0.946. The van der Waals surface area contributed by atoms with E-state index in [9.17, 15) is 17.6 Å². The van der Waals surface area contributed by atoms with Crippen molar-refractivity contribution in [2.45, 2.75) is 30.8 Å². The first kappa shape index (κ1) is 22.7. The van der Waals surface area contributed by atoms with Gasteiger partial charge in [-0.25, -0.2) is 12.8 Å². The lowest BCUT2D eigenvalue weighted by atomic mass is 10.1. The summed E-state index contributed by atoms with van der Waals surface area (Å²) in [5, 5.41) is 9.80. The number of rotatable bonds is 9. The number of carboxylic acid groups (broad SMARTS) is 1. The molecule has 4 aromatic rings. The van der Waals surface area contributed by atoms with Gasteiger partial charge in [-0.3, -0.25) is 4.79 Å². The maximum absolute atomic E-state index is 13.5. The topological polar surface area (TPSA) is 87.8 Å². The fraction of sp³-hybridized carbons (Fsp3) is 0.160. The molecular formula is C25H22FNO5S. The molecule has 1 N–H and O–H groups in total. The second-order valence-electron chi connectivity index (χ2n) is 7.69. The Hall–Kier alpha value is -3.49. The number of furan rings is 1. The highest BCUT2D eigenvalue weighted by Crippen LogP contribution is 2.25. The van der Waals surface area contributed by atoms with Crippen molar-refractivity contribution in [3.8, 4) is 0 Å². The first-order chi connectivity index (χ1) is 15.8. The quantitative estimate of drug-likeness (QED) is 0.375. The second-order valence-corrected chi connectivity index (χ2v) is 9.63. The average Bonchev–Trinajstić information content (AvgIpc) is 3.20. The molecule has 0 aliphatic heterocycles. The van der Waals surface area contributed by atoms with E-state index in [2.05, 4.69) is 0 Å². The lowest BCUT2D eigenvalue weighted by Crippen LogP contribution is -2.30. The summed E-state index contributed by atoms with van der Waals surface area (Å²) in [6, 6.07) is 21.1. The van der Waals surface area contributed by atoms with Crippen LogP contribution in [0, 0.1) is 5.82 Å². The summed E-state index contributed by atoms with van der Waals surface area (Å²) < 4.78 is 47.4. The largest absolute Gasteiger partial charge is 0.481 e. The SMILES string of the molecule is O=C(O)CCc1cccc(CN(Cc2cc3ccccc3o2)S(=O)(=O)c2ccc(F)cc2)c1. The molecule has 1 heterocycles. The first-order valence-corrected chi connectivity index (χ1v) is 11.8. The van der Waals surface area contributed by atoms with E-state index in [-0.39, 0.29) is 24.4 Å². The molecule has 0 saturated carbocycles. The molecule has 0 atom stereocenters. The van der Waals surface area contributed by atoms with Crippen LogP contribution in [0.3, 0.4) is 0 Å². The third-order valence-electron chi connectivity index (χ3n) is 5.24. The van der Waals surface area contributed by atoms with Crippen molar-refractivity contribution in [1.29, 1.82) is 0 Å². The van der Waals surface area contributed by atoms with Gasteiger partial charge in [0.25, 0.3) is 0 Å². The molecule has 0 amide bonds. The highest BCUT2D eigenvalue weighted by atomic mass is 32.2. The van der Waals surface area contributed by atoms with Crippen molar-refractivity contribution in [3.63, 3.8) is 0 Å². The Morgan fingerprint density at radius 1 is 0.909 bits per heavy atom. The number of aryl methyl sites for hydroxylation is 1. The molecule has 0 aliphatic rings.